The number of carbonyl (C=O) groups is 1. The van der Waals surface area contributed by atoms with Gasteiger partial charge in [-0.05, 0) is 24.5 Å². The number of allylic oxidation sites excluding steroid dienone is 3. The van der Waals surface area contributed by atoms with Crippen molar-refractivity contribution < 1.29 is 14.4 Å². The molecule has 1 aromatic heterocycles. The number of aryl methyl sites for hydroxylation is 1. The monoisotopic (exact) mass is 296 g/mol. The highest BCUT2D eigenvalue weighted by molar-refractivity contribution is 5.88. The fraction of sp³-hybridized carbons (Fsp3) is 0.235. The molecular weight excluding hydrogens is 280 g/mol. The Morgan fingerprint density at radius 1 is 1.27 bits per heavy atom. The van der Waals surface area contributed by atoms with Gasteiger partial charge < -0.3 is 9.63 Å². The summed E-state index contributed by atoms with van der Waals surface area (Å²) in [6, 6.07) is 9.90. The largest absolute Gasteiger partial charge is 0.480 e. The summed E-state index contributed by atoms with van der Waals surface area (Å²) < 4.78 is 4.97. The summed E-state index contributed by atoms with van der Waals surface area (Å²) in [7, 11) is 0. The molecule has 1 unspecified atom stereocenters. The molecule has 1 aromatic carbocycles. The Bertz CT molecular complexity index is 774. The van der Waals surface area contributed by atoms with E-state index in [1.807, 2.05) is 43.3 Å². The minimum atomic E-state index is -1.26. The number of benzene rings is 1. The zero-order chi connectivity index (χ0) is 15.7. The molecule has 1 atom stereocenters. The average molecular weight is 296 g/mol. The number of carboxylic acids is 1. The Kier molecular flexibility index (Phi) is 3.41. The molecule has 5 nitrogen and oxygen atoms in total. The second kappa shape index (κ2) is 5.26. The van der Waals surface area contributed by atoms with Crippen LogP contribution in [0.3, 0.4) is 0 Å². The minimum Gasteiger partial charge on any atom is -0.480 e. The van der Waals surface area contributed by atoms with Crippen molar-refractivity contribution in [2.75, 3.05) is 0 Å². The number of hydrogen-bond donors (Lipinski definition) is 1. The highest BCUT2D eigenvalue weighted by atomic mass is 16.5. The van der Waals surface area contributed by atoms with Crippen LogP contribution in [0.15, 0.2) is 52.6 Å². The Labute approximate surface area is 128 Å². The third-order valence-corrected chi connectivity index (χ3v) is 3.93. The lowest BCUT2D eigenvalue weighted by molar-refractivity contribution is -0.142. The number of hydrogen-bond acceptors (Lipinski definition) is 4. The van der Waals surface area contributed by atoms with Crippen LogP contribution < -0.4 is 0 Å². The van der Waals surface area contributed by atoms with Crippen LogP contribution >= 0.6 is 0 Å². The zero-order valence-corrected chi connectivity index (χ0v) is 12.4. The highest BCUT2D eigenvalue weighted by Gasteiger charge is 2.44. The van der Waals surface area contributed by atoms with Gasteiger partial charge in [-0.15, -0.1) is 0 Å². The third-order valence-electron chi connectivity index (χ3n) is 3.93. The van der Waals surface area contributed by atoms with E-state index in [0.29, 0.717) is 12.3 Å². The predicted molar refractivity (Wildman–Crippen MR) is 81.1 cm³/mol. The van der Waals surface area contributed by atoms with Gasteiger partial charge in [0.2, 0.25) is 5.89 Å². The molecule has 0 radical (unpaired) electrons. The molecule has 112 valence electrons. The summed E-state index contributed by atoms with van der Waals surface area (Å²) in [5, 5.41) is 13.6. The van der Waals surface area contributed by atoms with E-state index >= 15 is 0 Å². The zero-order valence-electron chi connectivity index (χ0n) is 12.4. The molecule has 1 aliphatic rings. The standard InChI is InChI=1S/C17H16N2O3/c1-11-10-17(16(20)21,15-18-12(2)22-19-15)9-8-14(11)13-6-4-3-5-7-13/h3-9H,10H2,1-2H3,(H,20,21). The van der Waals surface area contributed by atoms with Crippen LogP contribution in [0, 0.1) is 6.92 Å². The summed E-state index contributed by atoms with van der Waals surface area (Å²) >= 11 is 0. The lowest BCUT2D eigenvalue weighted by Gasteiger charge is -2.27. The van der Waals surface area contributed by atoms with Crippen LogP contribution in [-0.2, 0) is 10.2 Å². The van der Waals surface area contributed by atoms with E-state index in [9.17, 15) is 9.90 Å². The van der Waals surface area contributed by atoms with Gasteiger partial charge in [0.25, 0.3) is 0 Å². The molecule has 0 aliphatic heterocycles. The molecule has 0 fully saturated rings. The van der Waals surface area contributed by atoms with Crippen molar-refractivity contribution in [3.05, 3.63) is 65.3 Å². The summed E-state index contributed by atoms with van der Waals surface area (Å²) in [4.78, 5) is 16.0. The normalized spacial score (nSPS) is 21.2. The van der Waals surface area contributed by atoms with Gasteiger partial charge in [-0.1, -0.05) is 53.2 Å². The van der Waals surface area contributed by atoms with Crippen molar-refractivity contribution in [2.45, 2.75) is 25.7 Å². The summed E-state index contributed by atoms with van der Waals surface area (Å²) in [5.41, 5.74) is 1.83. The van der Waals surface area contributed by atoms with Crippen LogP contribution in [0.2, 0.25) is 0 Å². The van der Waals surface area contributed by atoms with E-state index < -0.39 is 11.4 Å². The fourth-order valence-electron chi connectivity index (χ4n) is 2.78. The van der Waals surface area contributed by atoms with Gasteiger partial charge in [0.1, 0.15) is 0 Å². The SMILES string of the molecule is CC1=C(c2ccccc2)C=CC(C(=O)O)(c2noc(C)n2)C1. The molecule has 3 rings (SSSR count). The van der Waals surface area contributed by atoms with E-state index in [-0.39, 0.29) is 5.82 Å². The number of aromatic nitrogens is 2. The molecular formula is C17H16N2O3. The first-order valence-corrected chi connectivity index (χ1v) is 7.01. The predicted octanol–water partition coefficient (Wildman–Crippen LogP) is 3.13. The van der Waals surface area contributed by atoms with Gasteiger partial charge in [-0.3, -0.25) is 4.79 Å². The topological polar surface area (TPSA) is 76.2 Å². The lowest BCUT2D eigenvalue weighted by atomic mass is 9.75. The van der Waals surface area contributed by atoms with Crippen molar-refractivity contribution in [3.63, 3.8) is 0 Å². The van der Waals surface area contributed by atoms with Crippen molar-refractivity contribution in [2.24, 2.45) is 0 Å². The third kappa shape index (κ3) is 2.24. The molecule has 0 bridgehead atoms. The van der Waals surface area contributed by atoms with Crippen molar-refractivity contribution >= 4 is 11.5 Å². The van der Waals surface area contributed by atoms with E-state index in [0.717, 1.165) is 16.7 Å². The number of rotatable bonds is 3. The van der Waals surface area contributed by atoms with Gasteiger partial charge in [0.05, 0.1) is 0 Å². The maximum atomic E-state index is 11.9. The van der Waals surface area contributed by atoms with Crippen molar-refractivity contribution in [1.82, 2.24) is 10.1 Å². The molecule has 1 N–H and O–H groups in total. The minimum absolute atomic E-state index is 0.195. The molecule has 0 amide bonds. The Morgan fingerprint density at radius 3 is 2.55 bits per heavy atom. The van der Waals surface area contributed by atoms with Crippen molar-refractivity contribution in [3.8, 4) is 0 Å². The number of nitrogens with zero attached hydrogens (tertiary/aromatic N) is 2. The molecule has 0 spiro atoms. The molecule has 22 heavy (non-hydrogen) atoms. The quantitative estimate of drug-likeness (QED) is 0.941. The lowest BCUT2D eigenvalue weighted by Crippen LogP contribution is -2.36. The van der Waals surface area contributed by atoms with E-state index in [1.165, 1.54) is 0 Å². The van der Waals surface area contributed by atoms with Gasteiger partial charge in [0.15, 0.2) is 11.2 Å². The first-order valence-electron chi connectivity index (χ1n) is 7.01. The first kappa shape index (κ1) is 14.3. The summed E-state index contributed by atoms with van der Waals surface area (Å²) in [5.74, 6) is -0.421. The van der Waals surface area contributed by atoms with Gasteiger partial charge >= 0.3 is 5.97 Å². The Balaban J connectivity index is 2.04. The summed E-state index contributed by atoms with van der Waals surface area (Å²) in [6.07, 6.45) is 3.82. The molecule has 5 heteroatoms. The number of aliphatic carboxylic acids is 1. The molecule has 0 saturated carbocycles. The van der Waals surface area contributed by atoms with Crippen LogP contribution in [-0.4, -0.2) is 21.2 Å². The molecule has 1 heterocycles. The second-order valence-electron chi connectivity index (χ2n) is 5.48. The number of carboxylic acid groups (broad SMARTS) is 1. The van der Waals surface area contributed by atoms with Crippen LogP contribution in [0.5, 0.6) is 0 Å². The smallest absolute Gasteiger partial charge is 0.321 e. The summed E-state index contributed by atoms with van der Waals surface area (Å²) in [6.45, 7) is 3.59. The van der Waals surface area contributed by atoms with Crippen LogP contribution in [0.4, 0.5) is 0 Å². The molecule has 1 aliphatic carbocycles. The van der Waals surface area contributed by atoms with Gasteiger partial charge in [-0.2, -0.15) is 4.98 Å². The molecule has 2 aromatic rings. The first-order chi connectivity index (χ1) is 10.5. The van der Waals surface area contributed by atoms with E-state index in [4.69, 9.17) is 4.52 Å². The highest BCUT2D eigenvalue weighted by Crippen LogP contribution is 2.39. The Morgan fingerprint density at radius 2 is 2.00 bits per heavy atom. The van der Waals surface area contributed by atoms with Gasteiger partial charge in [-0.25, -0.2) is 0 Å². The fourth-order valence-corrected chi connectivity index (χ4v) is 2.78. The van der Waals surface area contributed by atoms with Crippen LogP contribution in [0.1, 0.15) is 30.6 Å². The van der Waals surface area contributed by atoms with E-state index in [2.05, 4.69) is 10.1 Å². The van der Waals surface area contributed by atoms with Crippen molar-refractivity contribution in [1.29, 1.82) is 0 Å². The average Bonchev–Trinajstić information content (AvgIpc) is 2.94. The van der Waals surface area contributed by atoms with Crippen LogP contribution in [0.25, 0.3) is 5.57 Å². The maximum Gasteiger partial charge on any atom is 0.321 e. The van der Waals surface area contributed by atoms with E-state index in [1.54, 1.807) is 13.0 Å². The Hall–Kier alpha value is -2.69. The second-order valence-corrected chi connectivity index (χ2v) is 5.48. The maximum absolute atomic E-state index is 11.9. The molecule has 0 saturated heterocycles. The van der Waals surface area contributed by atoms with Gasteiger partial charge in [0, 0.05) is 6.92 Å².